The van der Waals surface area contributed by atoms with Crippen molar-refractivity contribution in [2.45, 2.75) is 19.9 Å². The van der Waals surface area contributed by atoms with Gasteiger partial charge in [-0.2, -0.15) is 0 Å². The van der Waals surface area contributed by atoms with E-state index in [0.717, 1.165) is 37.6 Å². The molecule has 2 amide bonds. The second kappa shape index (κ2) is 9.04. The van der Waals surface area contributed by atoms with Gasteiger partial charge in [0.15, 0.2) is 0 Å². The maximum atomic E-state index is 13.2. The number of carbonyl (C=O) groups excluding carboxylic acids is 2. The standard InChI is InChI=1S/C25H30N4O3/c1-17(2)29-24(30)22(18-5-11-21(32-4)12-6-18)23(25(29)31)26-19-7-9-20(10-8-19)28-15-13-27(3)14-16-28/h5-12,17,26H,13-16H2,1-4H3. The minimum absolute atomic E-state index is 0.234. The topological polar surface area (TPSA) is 65.1 Å². The van der Waals surface area contributed by atoms with E-state index in [-0.39, 0.29) is 17.9 Å². The molecule has 0 spiro atoms. The van der Waals surface area contributed by atoms with Gasteiger partial charge in [0.2, 0.25) is 0 Å². The highest BCUT2D eigenvalue weighted by Gasteiger charge is 2.40. The summed E-state index contributed by atoms with van der Waals surface area (Å²) in [4.78, 5) is 32.3. The minimum Gasteiger partial charge on any atom is -0.497 e. The molecule has 2 aliphatic heterocycles. The highest BCUT2D eigenvalue weighted by Crippen LogP contribution is 2.33. The lowest BCUT2D eigenvalue weighted by atomic mass is 10.0. The van der Waals surface area contributed by atoms with Crippen molar-refractivity contribution in [1.82, 2.24) is 9.80 Å². The predicted octanol–water partition coefficient (Wildman–Crippen LogP) is 3.05. The van der Waals surface area contributed by atoms with E-state index in [0.29, 0.717) is 22.6 Å². The normalized spacial score (nSPS) is 17.5. The summed E-state index contributed by atoms with van der Waals surface area (Å²) in [6.45, 7) is 7.75. The molecule has 0 aliphatic carbocycles. The van der Waals surface area contributed by atoms with Crippen LogP contribution in [-0.2, 0) is 9.59 Å². The minimum atomic E-state index is -0.307. The van der Waals surface area contributed by atoms with Crippen LogP contribution in [0.5, 0.6) is 5.75 Å². The van der Waals surface area contributed by atoms with Crippen molar-refractivity contribution in [3.63, 3.8) is 0 Å². The third-order valence-electron chi connectivity index (χ3n) is 6.02. The zero-order chi connectivity index (χ0) is 22.8. The molecule has 4 rings (SSSR count). The Bertz CT molecular complexity index is 1020. The van der Waals surface area contributed by atoms with Crippen LogP contribution in [-0.4, -0.2) is 68.0 Å². The Morgan fingerprint density at radius 2 is 1.50 bits per heavy atom. The molecule has 0 radical (unpaired) electrons. The van der Waals surface area contributed by atoms with Crippen molar-refractivity contribution in [1.29, 1.82) is 0 Å². The van der Waals surface area contributed by atoms with Crippen molar-refractivity contribution >= 4 is 28.8 Å². The first kappa shape index (κ1) is 21.9. The van der Waals surface area contributed by atoms with Crippen LogP contribution in [0.15, 0.2) is 54.2 Å². The van der Waals surface area contributed by atoms with Crippen molar-refractivity contribution in [2.24, 2.45) is 0 Å². The molecule has 1 N–H and O–H groups in total. The van der Waals surface area contributed by atoms with Crippen LogP contribution >= 0.6 is 0 Å². The third kappa shape index (κ3) is 4.21. The van der Waals surface area contributed by atoms with Crippen LogP contribution in [0, 0.1) is 0 Å². The van der Waals surface area contributed by atoms with E-state index < -0.39 is 0 Å². The molecule has 2 aliphatic rings. The van der Waals surface area contributed by atoms with Crippen molar-refractivity contribution < 1.29 is 14.3 Å². The predicted molar refractivity (Wildman–Crippen MR) is 127 cm³/mol. The first-order chi connectivity index (χ1) is 15.4. The van der Waals surface area contributed by atoms with Crippen LogP contribution in [0.1, 0.15) is 19.4 Å². The SMILES string of the molecule is COc1ccc(C2=C(Nc3ccc(N4CCN(C)CC4)cc3)C(=O)N(C(C)C)C2=O)cc1. The quantitative estimate of drug-likeness (QED) is 0.705. The molecule has 0 unspecified atom stereocenters. The fraction of sp³-hybridized carbons (Fsp3) is 0.360. The largest absolute Gasteiger partial charge is 0.497 e. The fourth-order valence-electron chi connectivity index (χ4n) is 4.12. The van der Waals surface area contributed by atoms with Crippen molar-refractivity contribution in [3.05, 3.63) is 59.8 Å². The molecule has 7 heteroatoms. The Morgan fingerprint density at radius 1 is 0.875 bits per heavy atom. The molecule has 2 aromatic carbocycles. The third-order valence-corrected chi connectivity index (χ3v) is 6.02. The second-order valence-electron chi connectivity index (χ2n) is 8.51. The maximum Gasteiger partial charge on any atom is 0.278 e. The maximum absolute atomic E-state index is 13.2. The molecule has 1 fully saturated rings. The van der Waals surface area contributed by atoms with Gasteiger partial charge in [0.25, 0.3) is 11.8 Å². The van der Waals surface area contributed by atoms with Gasteiger partial charge < -0.3 is 19.9 Å². The summed E-state index contributed by atoms with van der Waals surface area (Å²) in [5.41, 5.74) is 3.31. The van der Waals surface area contributed by atoms with Gasteiger partial charge in [0.05, 0.1) is 12.7 Å². The van der Waals surface area contributed by atoms with Gasteiger partial charge in [-0.25, -0.2) is 0 Å². The van der Waals surface area contributed by atoms with Gasteiger partial charge in [-0.05, 0) is 62.9 Å². The highest BCUT2D eigenvalue weighted by molar-refractivity contribution is 6.36. The summed E-state index contributed by atoms with van der Waals surface area (Å²) < 4.78 is 5.23. The Hall–Kier alpha value is -3.32. The molecule has 0 aromatic heterocycles. The highest BCUT2D eigenvalue weighted by atomic mass is 16.5. The van der Waals surface area contributed by atoms with E-state index in [1.807, 2.05) is 26.0 Å². The average Bonchev–Trinajstić information content (AvgIpc) is 3.04. The monoisotopic (exact) mass is 434 g/mol. The number of amides is 2. The second-order valence-corrected chi connectivity index (χ2v) is 8.51. The molecular weight excluding hydrogens is 404 g/mol. The lowest BCUT2D eigenvalue weighted by molar-refractivity contribution is -0.138. The Labute approximate surface area is 189 Å². The van der Waals surface area contributed by atoms with Crippen LogP contribution in [0.25, 0.3) is 5.57 Å². The number of methoxy groups -OCH3 is 1. The van der Waals surface area contributed by atoms with Crippen LogP contribution in [0.3, 0.4) is 0 Å². The number of nitrogens with one attached hydrogen (secondary N) is 1. The number of hydrogen-bond donors (Lipinski definition) is 1. The summed E-state index contributed by atoms with van der Waals surface area (Å²) >= 11 is 0. The first-order valence-corrected chi connectivity index (χ1v) is 11.0. The van der Waals surface area contributed by atoms with E-state index in [1.54, 1.807) is 31.4 Å². The molecular formula is C25H30N4O3. The van der Waals surface area contributed by atoms with E-state index in [1.165, 1.54) is 4.90 Å². The van der Waals surface area contributed by atoms with Gasteiger partial charge in [0, 0.05) is 43.6 Å². The number of piperazine rings is 1. The summed E-state index contributed by atoms with van der Waals surface area (Å²) in [6, 6.07) is 15.0. The van der Waals surface area contributed by atoms with E-state index in [4.69, 9.17) is 4.74 Å². The van der Waals surface area contributed by atoms with Gasteiger partial charge >= 0.3 is 0 Å². The van der Waals surface area contributed by atoms with E-state index in [9.17, 15) is 9.59 Å². The number of ether oxygens (including phenoxy) is 1. The summed E-state index contributed by atoms with van der Waals surface area (Å²) in [7, 11) is 3.73. The van der Waals surface area contributed by atoms with Crippen LogP contribution < -0.4 is 15.0 Å². The smallest absolute Gasteiger partial charge is 0.278 e. The molecule has 0 saturated carbocycles. The summed E-state index contributed by atoms with van der Waals surface area (Å²) in [5, 5.41) is 3.23. The molecule has 0 bridgehead atoms. The zero-order valence-electron chi connectivity index (χ0n) is 19.1. The van der Waals surface area contributed by atoms with Gasteiger partial charge in [-0.15, -0.1) is 0 Å². The van der Waals surface area contributed by atoms with Gasteiger partial charge in [-0.1, -0.05) is 12.1 Å². The number of imide groups is 1. The molecule has 7 nitrogen and oxygen atoms in total. The summed E-state index contributed by atoms with van der Waals surface area (Å²) in [6.07, 6.45) is 0. The van der Waals surface area contributed by atoms with Crippen LogP contribution in [0.2, 0.25) is 0 Å². The Balaban J connectivity index is 1.62. The molecule has 32 heavy (non-hydrogen) atoms. The number of benzene rings is 2. The first-order valence-electron chi connectivity index (χ1n) is 11.0. The van der Waals surface area contributed by atoms with E-state index >= 15 is 0 Å². The molecule has 2 aromatic rings. The number of nitrogens with zero attached hydrogens (tertiary/aromatic N) is 3. The number of hydrogen-bond acceptors (Lipinski definition) is 6. The zero-order valence-corrected chi connectivity index (χ0v) is 19.1. The average molecular weight is 435 g/mol. The number of carbonyl (C=O) groups is 2. The van der Waals surface area contributed by atoms with Crippen LogP contribution in [0.4, 0.5) is 11.4 Å². The number of rotatable bonds is 6. The molecule has 1 saturated heterocycles. The van der Waals surface area contributed by atoms with Gasteiger partial charge in [0.1, 0.15) is 11.4 Å². The molecule has 0 atom stereocenters. The Morgan fingerprint density at radius 3 is 2.06 bits per heavy atom. The number of likely N-dealkylation sites (N-methyl/N-ethyl adjacent to an activating group) is 1. The Kier molecular flexibility index (Phi) is 6.19. The molecule has 2 heterocycles. The van der Waals surface area contributed by atoms with E-state index in [2.05, 4.69) is 34.3 Å². The lowest BCUT2D eigenvalue weighted by Gasteiger charge is -2.34. The number of anilines is 2. The molecule has 168 valence electrons. The fourth-order valence-corrected chi connectivity index (χ4v) is 4.12. The van der Waals surface area contributed by atoms with Crippen molar-refractivity contribution in [3.8, 4) is 5.75 Å². The summed E-state index contributed by atoms with van der Waals surface area (Å²) in [5.74, 6) is 0.103. The van der Waals surface area contributed by atoms with Crippen molar-refractivity contribution in [2.75, 3.05) is 50.6 Å². The lowest BCUT2D eigenvalue weighted by Crippen LogP contribution is -2.44. The van der Waals surface area contributed by atoms with Gasteiger partial charge in [-0.3, -0.25) is 14.5 Å².